The standard InChI is InChI=1S/C13H22N4O10/c14-5(2-18)10(23)16-7(3-19)12(25)17-8(4-20)11(24)15-6(13(26)27)1-9(21)22/h5-8,18-20H,1-4,14H2,(H,15,24)(H,16,23)(H,17,25)(H,21,22)(H,26,27)/t5-,6-,7-,8-/m0/s1. The second kappa shape index (κ2) is 11.7. The number of carbonyl (C=O) groups excluding carboxylic acids is 3. The Labute approximate surface area is 152 Å². The number of aliphatic hydroxyl groups is 3. The molecule has 0 aromatic carbocycles. The summed E-state index contributed by atoms with van der Waals surface area (Å²) in [4.78, 5) is 57.0. The summed E-state index contributed by atoms with van der Waals surface area (Å²) in [6.07, 6.45) is -0.943. The van der Waals surface area contributed by atoms with E-state index in [0.29, 0.717) is 0 Å². The van der Waals surface area contributed by atoms with Gasteiger partial charge in [-0.05, 0) is 0 Å². The number of carboxylic acids is 2. The fourth-order valence-electron chi connectivity index (χ4n) is 1.67. The predicted molar refractivity (Wildman–Crippen MR) is 84.9 cm³/mol. The lowest BCUT2D eigenvalue weighted by Crippen LogP contribution is -2.59. The van der Waals surface area contributed by atoms with Gasteiger partial charge in [-0.3, -0.25) is 19.2 Å². The van der Waals surface area contributed by atoms with Crippen molar-refractivity contribution in [3.8, 4) is 0 Å². The third-order valence-electron chi connectivity index (χ3n) is 3.16. The van der Waals surface area contributed by atoms with Gasteiger partial charge in [-0.25, -0.2) is 4.79 Å². The molecule has 0 aliphatic carbocycles. The number of carboxylic acid groups (broad SMARTS) is 2. The zero-order chi connectivity index (χ0) is 21.1. The zero-order valence-corrected chi connectivity index (χ0v) is 14.0. The molecule has 0 radical (unpaired) electrons. The number of nitrogens with one attached hydrogen (secondary N) is 3. The monoisotopic (exact) mass is 394 g/mol. The van der Waals surface area contributed by atoms with Crippen LogP contribution < -0.4 is 21.7 Å². The van der Waals surface area contributed by atoms with Crippen molar-refractivity contribution in [1.29, 1.82) is 0 Å². The first-order valence-electron chi connectivity index (χ1n) is 7.51. The van der Waals surface area contributed by atoms with Gasteiger partial charge in [0, 0.05) is 0 Å². The third-order valence-corrected chi connectivity index (χ3v) is 3.16. The molecule has 27 heavy (non-hydrogen) atoms. The predicted octanol–water partition coefficient (Wildman–Crippen LogP) is -5.70. The van der Waals surface area contributed by atoms with Crippen LogP contribution in [-0.4, -0.2) is 99.2 Å². The second-order valence-corrected chi connectivity index (χ2v) is 5.27. The molecule has 0 aliphatic heterocycles. The van der Waals surface area contributed by atoms with Gasteiger partial charge in [0.2, 0.25) is 17.7 Å². The summed E-state index contributed by atoms with van der Waals surface area (Å²) in [5.41, 5.74) is 5.24. The van der Waals surface area contributed by atoms with E-state index < -0.39 is 80.1 Å². The number of nitrogens with two attached hydrogens (primary N) is 1. The Morgan fingerprint density at radius 2 is 1.11 bits per heavy atom. The highest BCUT2D eigenvalue weighted by Crippen LogP contribution is 1.96. The molecule has 0 heterocycles. The van der Waals surface area contributed by atoms with Gasteiger partial charge in [0.15, 0.2) is 0 Å². The molecule has 0 bridgehead atoms. The van der Waals surface area contributed by atoms with Crippen molar-refractivity contribution in [2.24, 2.45) is 5.73 Å². The van der Waals surface area contributed by atoms with Crippen LogP contribution in [0.5, 0.6) is 0 Å². The molecule has 0 fully saturated rings. The smallest absolute Gasteiger partial charge is 0.326 e. The normalized spacial score (nSPS) is 15.0. The minimum atomic E-state index is -1.81. The fraction of sp³-hybridized carbons (Fsp3) is 0.615. The van der Waals surface area contributed by atoms with Crippen LogP contribution in [0, 0.1) is 0 Å². The van der Waals surface area contributed by atoms with Crippen LogP contribution in [0.2, 0.25) is 0 Å². The molecule has 154 valence electrons. The molecule has 14 heteroatoms. The second-order valence-electron chi connectivity index (χ2n) is 5.27. The van der Waals surface area contributed by atoms with Crippen molar-refractivity contribution >= 4 is 29.7 Å². The molecule has 0 aromatic heterocycles. The lowest BCUT2D eigenvalue weighted by molar-refractivity contribution is -0.147. The SMILES string of the molecule is N[C@@H](CO)C(=O)N[C@@H](CO)C(=O)N[C@@H](CO)C(=O)N[C@@H](CC(=O)O)C(=O)O. The van der Waals surface area contributed by atoms with E-state index in [1.807, 2.05) is 16.0 Å². The minimum Gasteiger partial charge on any atom is -0.481 e. The van der Waals surface area contributed by atoms with Crippen molar-refractivity contribution in [3.05, 3.63) is 0 Å². The average molecular weight is 394 g/mol. The van der Waals surface area contributed by atoms with Crippen LogP contribution in [0.25, 0.3) is 0 Å². The van der Waals surface area contributed by atoms with E-state index in [1.165, 1.54) is 0 Å². The number of hydrogen-bond acceptors (Lipinski definition) is 9. The number of hydrogen-bond donors (Lipinski definition) is 9. The van der Waals surface area contributed by atoms with E-state index in [9.17, 15) is 29.1 Å². The molecule has 4 atom stereocenters. The summed E-state index contributed by atoms with van der Waals surface area (Å²) in [6.45, 7) is -2.63. The molecule has 0 aliphatic rings. The summed E-state index contributed by atoms with van der Waals surface area (Å²) >= 11 is 0. The van der Waals surface area contributed by atoms with Crippen LogP contribution in [0.1, 0.15) is 6.42 Å². The molecular formula is C13H22N4O10. The average Bonchev–Trinajstić information content (AvgIpc) is 2.61. The quantitative estimate of drug-likeness (QED) is 0.151. The molecule has 0 saturated carbocycles. The van der Waals surface area contributed by atoms with E-state index >= 15 is 0 Å². The van der Waals surface area contributed by atoms with Crippen molar-refractivity contribution in [2.45, 2.75) is 30.6 Å². The van der Waals surface area contributed by atoms with Crippen molar-refractivity contribution in [2.75, 3.05) is 19.8 Å². The van der Waals surface area contributed by atoms with E-state index in [1.54, 1.807) is 0 Å². The summed E-state index contributed by atoms with van der Waals surface area (Å²) in [5.74, 6) is -6.43. The first-order valence-corrected chi connectivity index (χ1v) is 7.51. The molecule has 3 amide bonds. The Morgan fingerprint density at radius 3 is 1.44 bits per heavy atom. The number of rotatable bonds is 12. The van der Waals surface area contributed by atoms with Crippen LogP contribution in [-0.2, 0) is 24.0 Å². The van der Waals surface area contributed by atoms with Crippen molar-refractivity contribution in [1.82, 2.24) is 16.0 Å². The third kappa shape index (κ3) is 8.41. The molecule has 0 rings (SSSR count). The van der Waals surface area contributed by atoms with Gasteiger partial charge in [-0.1, -0.05) is 0 Å². The minimum absolute atomic E-state index is 0.729. The number of aliphatic carboxylic acids is 2. The number of amides is 3. The molecule has 0 spiro atoms. The van der Waals surface area contributed by atoms with Gasteiger partial charge in [-0.15, -0.1) is 0 Å². The van der Waals surface area contributed by atoms with Gasteiger partial charge in [-0.2, -0.15) is 0 Å². The highest BCUT2D eigenvalue weighted by Gasteiger charge is 2.30. The molecular weight excluding hydrogens is 372 g/mol. The van der Waals surface area contributed by atoms with Gasteiger partial charge < -0.3 is 47.2 Å². The Balaban J connectivity index is 4.98. The first kappa shape index (κ1) is 24.2. The number of aliphatic hydroxyl groups excluding tert-OH is 3. The fourth-order valence-corrected chi connectivity index (χ4v) is 1.67. The lowest BCUT2D eigenvalue weighted by atomic mass is 10.1. The van der Waals surface area contributed by atoms with E-state index in [0.717, 1.165) is 0 Å². The molecule has 10 N–H and O–H groups in total. The zero-order valence-electron chi connectivity index (χ0n) is 14.0. The molecule has 14 nitrogen and oxygen atoms in total. The maximum absolute atomic E-state index is 12.0. The van der Waals surface area contributed by atoms with Crippen molar-refractivity contribution in [3.63, 3.8) is 0 Å². The highest BCUT2D eigenvalue weighted by atomic mass is 16.4. The first-order chi connectivity index (χ1) is 12.6. The van der Waals surface area contributed by atoms with Gasteiger partial charge in [0.05, 0.1) is 26.2 Å². The Kier molecular flexibility index (Phi) is 10.5. The number of carbonyl (C=O) groups is 5. The summed E-state index contributed by atoms with van der Waals surface area (Å²) < 4.78 is 0. The largest absolute Gasteiger partial charge is 0.481 e. The lowest BCUT2D eigenvalue weighted by Gasteiger charge is -2.22. The maximum Gasteiger partial charge on any atom is 0.326 e. The van der Waals surface area contributed by atoms with E-state index in [2.05, 4.69) is 0 Å². The van der Waals surface area contributed by atoms with E-state index in [4.69, 9.17) is 26.2 Å². The van der Waals surface area contributed by atoms with Gasteiger partial charge in [0.25, 0.3) is 0 Å². The van der Waals surface area contributed by atoms with Crippen molar-refractivity contribution < 1.29 is 49.5 Å². The van der Waals surface area contributed by atoms with E-state index in [-0.39, 0.29) is 0 Å². The Hall–Kier alpha value is -2.81. The summed E-state index contributed by atoms with van der Waals surface area (Å²) in [6, 6.07) is -6.44. The summed E-state index contributed by atoms with van der Waals surface area (Å²) in [7, 11) is 0. The molecule has 0 unspecified atom stereocenters. The van der Waals surface area contributed by atoms with Crippen LogP contribution in [0.3, 0.4) is 0 Å². The van der Waals surface area contributed by atoms with Crippen LogP contribution in [0.15, 0.2) is 0 Å². The Morgan fingerprint density at radius 1 is 0.704 bits per heavy atom. The highest BCUT2D eigenvalue weighted by molar-refractivity contribution is 5.94. The summed E-state index contributed by atoms with van der Waals surface area (Å²) in [5, 5.41) is 50.4. The molecule has 0 saturated heterocycles. The van der Waals surface area contributed by atoms with Gasteiger partial charge >= 0.3 is 11.9 Å². The van der Waals surface area contributed by atoms with Gasteiger partial charge in [0.1, 0.15) is 24.2 Å². The molecule has 0 aromatic rings. The topological polar surface area (TPSA) is 249 Å². The Bertz CT molecular complexity index is 569. The van der Waals surface area contributed by atoms with Crippen LogP contribution >= 0.6 is 0 Å². The van der Waals surface area contributed by atoms with Crippen LogP contribution in [0.4, 0.5) is 0 Å². The maximum atomic E-state index is 12.0.